The molecular formula is C50H67N9O7S. The highest BCUT2D eigenvalue weighted by atomic mass is 32.1. The zero-order chi connectivity index (χ0) is 48.5. The number of pyridine rings is 1. The maximum Gasteiger partial charge on any atom is 0.324 e. The van der Waals surface area contributed by atoms with Gasteiger partial charge in [-0.05, 0) is 87.8 Å². The van der Waals surface area contributed by atoms with Crippen LogP contribution in [0.2, 0.25) is 0 Å². The van der Waals surface area contributed by atoms with Gasteiger partial charge in [-0.15, -0.1) is 11.3 Å². The summed E-state index contributed by atoms with van der Waals surface area (Å²) in [6.45, 7) is 16.8. The molecule has 2 fully saturated rings. The lowest BCUT2D eigenvalue weighted by atomic mass is 9.84. The van der Waals surface area contributed by atoms with Gasteiger partial charge in [-0.2, -0.15) is 0 Å². The maximum absolute atomic E-state index is 14.7. The summed E-state index contributed by atoms with van der Waals surface area (Å²) in [5, 5.41) is 8.11. The van der Waals surface area contributed by atoms with Crippen LogP contribution in [-0.4, -0.2) is 136 Å². The Hall–Kier alpha value is -5.65. The molecule has 1 saturated carbocycles. The van der Waals surface area contributed by atoms with E-state index in [0.717, 1.165) is 44.7 Å². The Morgan fingerprint density at radius 2 is 1.84 bits per heavy atom. The van der Waals surface area contributed by atoms with Crippen LogP contribution in [0.5, 0.6) is 0 Å². The fourth-order valence-corrected chi connectivity index (χ4v) is 10.6. The Balaban J connectivity index is 1.23. The number of amides is 5. The third kappa shape index (κ3) is 10.1. The molecule has 5 amide bonds. The predicted octanol–water partition coefficient (Wildman–Crippen LogP) is 6.39. The second-order valence-corrected chi connectivity index (χ2v) is 20.3. The number of methoxy groups -OCH3 is 1. The summed E-state index contributed by atoms with van der Waals surface area (Å²) in [5.41, 5.74) is 9.26. The Labute approximate surface area is 398 Å². The molecule has 3 aromatic heterocycles. The van der Waals surface area contributed by atoms with Gasteiger partial charge in [0.05, 0.1) is 34.8 Å². The number of esters is 1. The number of cyclic esters (lactones) is 1. The first-order valence-electron chi connectivity index (χ1n) is 23.4. The average Bonchev–Trinajstić information content (AvgIpc) is 3.89. The fraction of sp³-hybridized carbons (Fsp3) is 0.540. The molecule has 16 nitrogen and oxygen atoms in total. The number of hydrogen-bond donors (Lipinski definition) is 2. The molecule has 0 spiro atoms. The first-order chi connectivity index (χ1) is 31.9. The number of thiazole rings is 1. The molecule has 6 bridgehead atoms. The van der Waals surface area contributed by atoms with E-state index in [1.807, 2.05) is 32.2 Å². The van der Waals surface area contributed by atoms with Crippen LogP contribution in [0.4, 0.5) is 4.79 Å². The average molecular weight is 938 g/mol. The van der Waals surface area contributed by atoms with E-state index in [9.17, 15) is 24.0 Å². The number of aromatic nitrogens is 3. The van der Waals surface area contributed by atoms with Gasteiger partial charge in [0.1, 0.15) is 18.1 Å². The number of hydrogen-bond acceptors (Lipinski definition) is 11. The van der Waals surface area contributed by atoms with Gasteiger partial charge in [0.15, 0.2) is 0 Å². The Kier molecular flexibility index (Phi) is 14.9. The molecule has 17 heteroatoms. The lowest BCUT2D eigenvalue weighted by Crippen LogP contribution is -2.63. The first-order valence-corrected chi connectivity index (χ1v) is 24.3. The summed E-state index contributed by atoms with van der Waals surface area (Å²) in [4.78, 5) is 83.8. The molecule has 5 heterocycles. The Morgan fingerprint density at radius 3 is 2.52 bits per heavy atom. The molecule has 7 rings (SSSR count). The standard InChI is InChI=1S/C50H67N9O7S/c1-12-42(60)55(8)32-23-33(24-32)56(9)49(64)57(10)44(29(3)4)46(61)53-38-25-41-52-39(27-67-41)31-18-19-40-35(22-31)36(45(58(40)13-2)34-16-14-20-51-43(34)30(5)65-11)26-50(6,7)28-66-48(63)37-17-15-21-59(54-37)47(38)62/h12,14,16,18-20,22,27,29-30,32-33,37-38,44,54H,1,13,15,17,21,23-26,28H2,2-11H3,(H,53,61)/t30-,32-,33-,37-,38-,44-/m0/s1. The number of nitrogens with zero attached hydrogens (tertiary/aromatic N) is 7. The number of nitrogens with one attached hydrogen (secondary N) is 2. The van der Waals surface area contributed by atoms with Gasteiger partial charge in [0.2, 0.25) is 11.8 Å². The van der Waals surface area contributed by atoms with E-state index in [-0.39, 0.29) is 49.1 Å². The van der Waals surface area contributed by atoms with Crippen molar-refractivity contribution < 1.29 is 33.4 Å². The van der Waals surface area contributed by atoms with Crippen molar-refractivity contribution in [2.45, 2.75) is 123 Å². The number of carbonyl (C=O) groups is 5. The smallest absolute Gasteiger partial charge is 0.324 e. The zero-order valence-corrected chi connectivity index (χ0v) is 41.4. The van der Waals surface area contributed by atoms with Gasteiger partial charge in [-0.25, -0.2) is 15.2 Å². The number of benzene rings is 1. The van der Waals surface area contributed by atoms with Crippen LogP contribution < -0.4 is 10.7 Å². The largest absolute Gasteiger partial charge is 0.464 e. The van der Waals surface area contributed by atoms with Crippen LogP contribution in [0, 0.1) is 11.3 Å². The molecule has 1 saturated heterocycles. The van der Waals surface area contributed by atoms with Gasteiger partial charge in [0, 0.05) is 98.9 Å². The number of aryl methyl sites for hydroxylation is 1. The molecule has 67 heavy (non-hydrogen) atoms. The fourth-order valence-electron chi connectivity index (χ4n) is 9.79. The lowest BCUT2D eigenvalue weighted by Gasteiger charge is -2.46. The van der Waals surface area contributed by atoms with Gasteiger partial charge in [-0.3, -0.25) is 29.2 Å². The number of likely N-dealkylation sites (N-methyl/N-ethyl adjacent to an activating group) is 2. The van der Waals surface area contributed by atoms with E-state index >= 15 is 0 Å². The molecule has 360 valence electrons. The van der Waals surface area contributed by atoms with Crippen molar-refractivity contribution in [3.63, 3.8) is 0 Å². The van der Waals surface area contributed by atoms with Gasteiger partial charge in [-0.1, -0.05) is 40.3 Å². The van der Waals surface area contributed by atoms with E-state index in [2.05, 4.69) is 66.9 Å². The molecule has 1 aliphatic carbocycles. The number of fused-ring (bicyclic) bond motifs is 6. The first kappa shape index (κ1) is 49.3. The van der Waals surface area contributed by atoms with Crippen molar-refractivity contribution in [3.05, 3.63) is 70.8 Å². The minimum absolute atomic E-state index is 0.0145. The van der Waals surface area contributed by atoms with Crippen molar-refractivity contribution in [2.75, 3.05) is 41.4 Å². The van der Waals surface area contributed by atoms with Crippen LogP contribution in [0.15, 0.2) is 54.6 Å². The summed E-state index contributed by atoms with van der Waals surface area (Å²) in [6, 6.07) is 7.13. The lowest BCUT2D eigenvalue weighted by molar-refractivity contribution is -0.155. The molecule has 2 N–H and O–H groups in total. The van der Waals surface area contributed by atoms with E-state index in [0.29, 0.717) is 50.2 Å². The van der Waals surface area contributed by atoms with E-state index < -0.39 is 41.3 Å². The molecule has 3 aliphatic rings. The molecule has 4 aromatic rings. The van der Waals surface area contributed by atoms with Crippen molar-refractivity contribution >= 4 is 52.0 Å². The topological polar surface area (TPSA) is 172 Å². The highest BCUT2D eigenvalue weighted by Crippen LogP contribution is 2.42. The van der Waals surface area contributed by atoms with Gasteiger partial charge < -0.3 is 34.1 Å². The van der Waals surface area contributed by atoms with Gasteiger partial charge in [0.25, 0.3) is 5.91 Å². The van der Waals surface area contributed by atoms with Crippen LogP contribution in [0.25, 0.3) is 33.4 Å². The number of ether oxygens (including phenoxy) is 2. The summed E-state index contributed by atoms with van der Waals surface area (Å²) in [6.07, 6.45) is 5.67. The summed E-state index contributed by atoms with van der Waals surface area (Å²) >= 11 is 1.41. The highest BCUT2D eigenvalue weighted by molar-refractivity contribution is 7.10. The highest BCUT2D eigenvalue weighted by Gasteiger charge is 2.42. The molecule has 4 atom stereocenters. The SMILES string of the molecule is C=CC(=O)N(C)[C@H]1C[C@H](N(C)C(=O)N(C)[C@H](C(=O)N[C@H]2Cc3nc(cs3)-c3ccc4c(c3)c(c(-c3cccnc3[C@H](C)OC)n4CC)CC(C)(C)COC(=O)[C@@H]3CCCN(N3)C2=O)C(C)C)C1. The maximum atomic E-state index is 14.7. The van der Waals surface area contributed by atoms with E-state index in [1.165, 1.54) is 27.3 Å². The zero-order valence-electron chi connectivity index (χ0n) is 40.6. The van der Waals surface area contributed by atoms with Crippen molar-refractivity contribution in [2.24, 2.45) is 11.3 Å². The van der Waals surface area contributed by atoms with Gasteiger partial charge >= 0.3 is 12.0 Å². The third-order valence-corrected chi connectivity index (χ3v) is 14.7. The minimum atomic E-state index is -1.09. The number of rotatable bonds is 11. The normalized spacial score (nSPS) is 21.7. The van der Waals surface area contributed by atoms with Crippen molar-refractivity contribution in [1.82, 2.24) is 45.0 Å². The van der Waals surface area contributed by atoms with E-state index in [4.69, 9.17) is 19.4 Å². The summed E-state index contributed by atoms with van der Waals surface area (Å²) < 4.78 is 14.2. The number of hydrazine groups is 1. The molecule has 1 aromatic carbocycles. The predicted molar refractivity (Wildman–Crippen MR) is 259 cm³/mol. The Morgan fingerprint density at radius 1 is 1.10 bits per heavy atom. The monoisotopic (exact) mass is 937 g/mol. The number of urea groups is 1. The van der Waals surface area contributed by atoms with Crippen molar-refractivity contribution in [3.8, 4) is 22.5 Å². The molecular weight excluding hydrogens is 871 g/mol. The van der Waals surface area contributed by atoms with Crippen molar-refractivity contribution in [1.29, 1.82) is 0 Å². The quantitative estimate of drug-likeness (QED) is 0.127. The molecule has 0 radical (unpaired) electrons. The third-order valence-electron chi connectivity index (χ3n) is 13.8. The minimum Gasteiger partial charge on any atom is -0.464 e. The Bertz CT molecular complexity index is 2510. The second kappa shape index (κ2) is 20.3. The summed E-state index contributed by atoms with van der Waals surface area (Å²) in [7, 11) is 6.72. The molecule has 0 unspecified atom stereocenters. The second-order valence-electron chi connectivity index (χ2n) is 19.4. The van der Waals surface area contributed by atoms with Crippen LogP contribution in [-0.2, 0) is 48.0 Å². The van der Waals surface area contributed by atoms with E-state index in [1.54, 1.807) is 44.2 Å². The van der Waals surface area contributed by atoms with Crippen LogP contribution in [0.1, 0.15) is 89.6 Å². The summed E-state index contributed by atoms with van der Waals surface area (Å²) in [5.74, 6) is -1.86. The number of carbonyl (C=O) groups excluding carboxylic acids is 5. The van der Waals surface area contributed by atoms with Crippen LogP contribution in [0.3, 0.4) is 0 Å². The van der Waals surface area contributed by atoms with Crippen LogP contribution >= 0.6 is 11.3 Å². The molecule has 2 aliphatic heterocycles.